The molecule has 2 amide bonds. The van der Waals surface area contributed by atoms with E-state index in [9.17, 15) is 14.4 Å². The number of hydrogen-bond donors (Lipinski definition) is 2. The number of benzene rings is 1. The Morgan fingerprint density at radius 1 is 1.15 bits per heavy atom. The number of amides is 2. The third-order valence-electron chi connectivity index (χ3n) is 5.23. The zero-order chi connectivity index (χ0) is 18.1. The zero-order valence-electron chi connectivity index (χ0n) is 14.9. The van der Waals surface area contributed by atoms with Gasteiger partial charge in [0.15, 0.2) is 0 Å². The Bertz CT molecular complexity index is 913. The number of likely N-dealkylation sites (tertiary alicyclic amines) is 1. The highest BCUT2D eigenvalue weighted by atomic mass is 35.5. The van der Waals surface area contributed by atoms with E-state index in [0.717, 1.165) is 24.8 Å². The molecule has 2 aromatic rings. The average Bonchev–Trinajstić information content (AvgIpc) is 2.67. The Morgan fingerprint density at radius 2 is 1.96 bits per heavy atom. The van der Waals surface area contributed by atoms with Gasteiger partial charge >= 0.3 is 0 Å². The number of aromatic nitrogens is 1. The van der Waals surface area contributed by atoms with Crippen molar-refractivity contribution in [2.75, 3.05) is 32.7 Å². The largest absolute Gasteiger partial charge is 0.337 e. The zero-order valence-corrected chi connectivity index (χ0v) is 15.8. The first-order valence-corrected chi connectivity index (χ1v) is 9.05. The van der Waals surface area contributed by atoms with Crippen molar-refractivity contribution in [2.24, 2.45) is 0 Å². The number of piperidine rings is 1. The van der Waals surface area contributed by atoms with E-state index in [0.29, 0.717) is 37.3 Å². The summed E-state index contributed by atoms with van der Waals surface area (Å²) in [5.41, 5.74) is 0.809. The van der Waals surface area contributed by atoms with Crippen LogP contribution >= 0.6 is 12.4 Å². The number of nitrogens with zero attached hydrogens (tertiary/aromatic N) is 2. The number of fused-ring (bicyclic) bond motifs is 1. The summed E-state index contributed by atoms with van der Waals surface area (Å²) in [4.78, 5) is 43.7. The topological polar surface area (TPSA) is 85.5 Å². The molecule has 144 valence electrons. The number of nitrogens with one attached hydrogen (secondary N) is 2. The second kappa shape index (κ2) is 8.10. The number of aromatic amines is 1. The van der Waals surface area contributed by atoms with Crippen LogP contribution in [-0.2, 0) is 4.79 Å². The van der Waals surface area contributed by atoms with Crippen molar-refractivity contribution in [3.05, 3.63) is 46.2 Å². The first kappa shape index (κ1) is 19.4. The molecule has 2 N–H and O–H groups in total. The van der Waals surface area contributed by atoms with Gasteiger partial charge in [0.05, 0.1) is 12.1 Å². The van der Waals surface area contributed by atoms with E-state index in [1.807, 2.05) is 23.1 Å². The van der Waals surface area contributed by atoms with Crippen LogP contribution in [0.15, 0.2) is 35.1 Å². The third kappa shape index (κ3) is 3.84. The van der Waals surface area contributed by atoms with Gasteiger partial charge in [-0.25, -0.2) is 0 Å². The Labute approximate surface area is 163 Å². The van der Waals surface area contributed by atoms with Crippen LogP contribution in [0.3, 0.4) is 0 Å². The summed E-state index contributed by atoms with van der Waals surface area (Å²) in [5, 5.41) is 3.83. The molecular formula is C19H23ClN4O3. The second-order valence-electron chi connectivity index (χ2n) is 6.90. The maximum Gasteiger partial charge on any atom is 0.254 e. The molecule has 2 saturated heterocycles. The maximum atomic E-state index is 13.1. The summed E-state index contributed by atoms with van der Waals surface area (Å²) in [7, 11) is 0. The fourth-order valence-electron chi connectivity index (χ4n) is 3.95. The number of piperazine rings is 1. The standard InChI is InChI=1S/C19H22N4O3.ClH/c24-17-10-15(14-5-1-2-6-16(14)21-17)19(26)22-8-3-4-13(12-22)23-9-7-20-11-18(23)25;/h1-2,5-6,10,13,20H,3-4,7-9,11-12H2,(H,21,24);1H. The van der Waals surface area contributed by atoms with Crippen LogP contribution in [0.25, 0.3) is 10.9 Å². The van der Waals surface area contributed by atoms with Gasteiger partial charge in [-0.2, -0.15) is 0 Å². The molecule has 1 aromatic carbocycles. The lowest BCUT2D eigenvalue weighted by Crippen LogP contribution is -2.57. The minimum Gasteiger partial charge on any atom is -0.337 e. The van der Waals surface area contributed by atoms with E-state index in [1.54, 1.807) is 11.0 Å². The lowest BCUT2D eigenvalue weighted by atomic mass is 10.0. The molecule has 0 aliphatic carbocycles. The molecule has 3 heterocycles. The van der Waals surface area contributed by atoms with Gasteiger partial charge in [0, 0.05) is 49.2 Å². The van der Waals surface area contributed by atoms with Crippen LogP contribution in [0.1, 0.15) is 23.2 Å². The fraction of sp³-hybridized carbons (Fsp3) is 0.421. The first-order valence-electron chi connectivity index (χ1n) is 9.05. The van der Waals surface area contributed by atoms with E-state index in [4.69, 9.17) is 0 Å². The fourth-order valence-corrected chi connectivity index (χ4v) is 3.95. The van der Waals surface area contributed by atoms with Crippen molar-refractivity contribution in [1.29, 1.82) is 0 Å². The van der Waals surface area contributed by atoms with Crippen LogP contribution in [0.5, 0.6) is 0 Å². The van der Waals surface area contributed by atoms with Gasteiger partial charge in [-0.3, -0.25) is 14.4 Å². The molecule has 27 heavy (non-hydrogen) atoms. The maximum absolute atomic E-state index is 13.1. The van der Waals surface area contributed by atoms with E-state index in [1.165, 1.54) is 6.07 Å². The molecule has 0 bridgehead atoms. The molecular weight excluding hydrogens is 368 g/mol. The quantitative estimate of drug-likeness (QED) is 0.800. The average molecular weight is 391 g/mol. The Balaban J connectivity index is 0.00000210. The van der Waals surface area contributed by atoms with Gasteiger partial charge in [-0.05, 0) is 18.9 Å². The summed E-state index contributed by atoms with van der Waals surface area (Å²) in [6, 6.07) is 8.76. The molecule has 8 heteroatoms. The third-order valence-corrected chi connectivity index (χ3v) is 5.23. The predicted octanol–water partition coefficient (Wildman–Crippen LogP) is 0.986. The lowest BCUT2D eigenvalue weighted by Gasteiger charge is -2.41. The van der Waals surface area contributed by atoms with Gasteiger partial charge in [-0.15, -0.1) is 12.4 Å². The minimum atomic E-state index is -0.280. The van der Waals surface area contributed by atoms with Crippen LogP contribution in [0.4, 0.5) is 0 Å². The van der Waals surface area contributed by atoms with Gasteiger partial charge in [0.2, 0.25) is 11.5 Å². The molecule has 4 rings (SSSR count). The number of hydrogen-bond acceptors (Lipinski definition) is 4. The second-order valence-corrected chi connectivity index (χ2v) is 6.90. The highest BCUT2D eigenvalue weighted by Gasteiger charge is 2.32. The molecule has 2 aliphatic heterocycles. The lowest BCUT2D eigenvalue weighted by molar-refractivity contribution is -0.135. The molecule has 2 aliphatic rings. The monoisotopic (exact) mass is 390 g/mol. The summed E-state index contributed by atoms with van der Waals surface area (Å²) in [5.74, 6) is -0.0447. The SMILES string of the molecule is Cl.O=C(c1cc(=O)[nH]c2ccccc12)N1CCCC(N2CCNCC2=O)C1. The predicted molar refractivity (Wildman–Crippen MR) is 105 cm³/mol. The summed E-state index contributed by atoms with van der Waals surface area (Å²) in [6.45, 7) is 3.00. The molecule has 7 nitrogen and oxygen atoms in total. The van der Waals surface area contributed by atoms with E-state index in [2.05, 4.69) is 10.3 Å². The van der Waals surface area contributed by atoms with Crippen LogP contribution in [0, 0.1) is 0 Å². The highest BCUT2D eigenvalue weighted by molar-refractivity contribution is 6.06. The highest BCUT2D eigenvalue weighted by Crippen LogP contribution is 2.21. The molecule has 1 unspecified atom stereocenters. The number of para-hydroxylation sites is 1. The Morgan fingerprint density at radius 3 is 2.78 bits per heavy atom. The summed E-state index contributed by atoms with van der Waals surface area (Å²) in [6.07, 6.45) is 1.76. The molecule has 1 aromatic heterocycles. The molecule has 2 fully saturated rings. The van der Waals surface area contributed by atoms with Crippen molar-refractivity contribution < 1.29 is 9.59 Å². The van der Waals surface area contributed by atoms with E-state index < -0.39 is 0 Å². The molecule has 1 atom stereocenters. The van der Waals surface area contributed by atoms with E-state index in [-0.39, 0.29) is 35.8 Å². The Hall–Kier alpha value is -2.38. The number of halogens is 1. The van der Waals surface area contributed by atoms with E-state index >= 15 is 0 Å². The van der Waals surface area contributed by atoms with Gasteiger partial charge in [0.25, 0.3) is 5.91 Å². The smallest absolute Gasteiger partial charge is 0.254 e. The molecule has 0 saturated carbocycles. The normalized spacial score (nSPS) is 20.4. The van der Waals surface area contributed by atoms with Gasteiger partial charge < -0.3 is 20.1 Å². The minimum absolute atomic E-state index is 0. The number of carbonyl (C=O) groups is 2. The van der Waals surface area contributed by atoms with Gasteiger partial charge in [0.1, 0.15) is 0 Å². The van der Waals surface area contributed by atoms with Crippen LogP contribution in [-0.4, -0.2) is 65.4 Å². The van der Waals surface area contributed by atoms with Crippen LogP contribution < -0.4 is 10.9 Å². The van der Waals surface area contributed by atoms with Crippen molar-refractivity contribution in [2.45, 2.75) is 18.9 Å². The number of carbonyl (C=O) groups excluding carboxylic acids is 2. The molecule has 0 radical (unpaired) electrons. The van der Waals surface area contributed by atoms with Gasteiger partial charge in [-0.1, -0.05) is 18.2 Å². The Kier molecular flexibility index (Phi) is 5.82. The number of H-pyrrole nitrogens is 1. The molecule has 0 spiro atoms. The number of pyridine rings is 1. The van der Waals surface area contributed by atoms with Crippen molar-refractivity contribution in [3.63, 3.8) is 0 Å². The van der Waals surface area contributed by atoms with Crippen molar-refractivity contribution in [1.82, 2.24) is 20.1 Å². The number of rotatable bonds is 2. The van der Waals surface area contributed by atoms with Crippen molar-refractivity contribution >= 4 is 35.1 Å². The van der Waals surface area contributed by atoms with Crippen molar-refractivity contribution in [3.8, 4) is 0 Å². The summed E-state index contributed by atoms with van der Waals surface area (Å²) < 4.78 is 0. The summed E-state index contributed by atoms with van der Waals surface area (Å²) >= 11 is 0. The first-order chi connectivity index (χ1) is 12.6. The van der Waals surface area contributed by atoms with Crippen LogP contribution in [0.2, 0.25) is 0 Å².